The van der Waals surface area contributed by atoms with Gasteiger partial charge < -0.3 is 10.6 Å². The summed E-state index contributed by atoms with van der Waals surface area (Å²) in [7, 11) is 7.83. The summed E-state index contributed by atoms with van der Waals surface area (Å²) in [4.78, 5) is 0. The van der Waals surface area contributed by atoms with Crippen LogP contribution in [0.3, 0.4) is 0 Å². The highest BCUT2D eigenvalue weighted by Crippen LogP contribution is 2.20. The van der Waals surface area contributed by atoms with Gasteiger partial charge in [-0.2, -0.15) is 0 Å². The smallest absolute Gasteiger partial charge is 0.385 e. The Balaban J connectivity index is 1.07. The van der Waals surface area contributed by atoms with E-state index in [4.69, 9.17) is 0 Å². The Morgan fingerprint density at radius 2 is 0.974 bits per heavy atom. The fourth-order valence-corrected chi connectivity index (χ4v) is 4.01. The van der Waals surface area contributed by atoms with Gasteiger partial charge in [-0.05, 0) is 61.4 Å². The van der Waals surface area contributed by atoms with Crippen molar-refractivity contribution in [2.45, 2.75) is 25.7 Å². The molecule has 198 valence electrons. The first-order valence-electron chi connectivity index (χ1n) is 13.0. The van der Waals surface area contributed by atoms with Gasteiger partial charge in [0.2, 0.25) is 0 Å². The third-order valence-corrected chi connectivity index (χ3v) is 6.30. The summed E-state index contributed by atoms with van der Waals surface area (Å²) in [5.41, 5.74) is 3.89. The number of anilines is 2. The maximum atomic E-state index is 4.34. The van der Waals surface area contributed by atoms with Gasteiger partial charge in [0.15, 0.2) is 0 Å². The van der Waals surface area contributed by atoms with Crippen LogP contribution in [-0.4, -0.2) is 22.2 Å². The molecule has 0 amide bonds. The molecule has 10 nitrogen and oxygen atoms in total. The van der Waals surface area contributed by atoms with Gasteiger partial charge >= 0.3 is 11.9 Å². The molecule has 0 aliphatic rings. The Labute approximate surface area is 224 Å². The van der Waals surface area contributed by atoms with Crippen molar-refractivity contribution in [2.24, 2.45) is 48.6 Å². The molecule has 0 aliphatic carbocycles. The second-order valence-corrected chi connectivity index (χ2v) is 9.40. The molecule has 2 aromatic heterocycles. The van der Waals surface area contributed by atoms with Crippen LogP contribution in [0.4, 0.5) is 34.6 Å². The van der Waals surface area contributed by atoms with Gasteiger partial charge in [-0.3, -0.25) is 0 Å². The van der Waals surface area contributed by atoms with Crippen molar-refractivity contribution < 1.29 is 9.13 Å². The summed E-state index contributed by atoms with van der Waals surface area (Å²) in [6.45, 7) is 1.93. The molecule has 0 aliphatic heterocycles. The Morgan fingerprint density at radius 1 is 0.579 bits per heavy atom. The van der Waals surface area contributed by atoms with Gasteiger partial charge in [0, 0.05) is 34.7 Å². The number of imidazole rings is 2. The minimum atomic E-state index is 0.802. The van der Waals surface area contributed by atoms with E-state index in [-0.39, 0.29) is 0 Å². The van der Waals surface area contributed by atoms with Crippen LogP contribution >= 0.6 is 0 Å². The van der Waals surface area contributed by atoms with Crippen molar-refractivity contribution in [1.82, 2.24) is 9.13 Å². The molecule has 0 saturated carbocycles. The fraction of sp³-hybridized carbons (Fsp3) is 0.357. The average Bonchev–Trinajstić information content (AvgIpc) is 3.43. The van der Waals surface area contributed by atoms with E-state index in [0.717, 1.165) is 60.6 Å². The Hall–Kier alpha value is -4.34. The second-order valence-electron chi connectivity index (χ2n) is 9.40. The lowest BCUT2D eigenvalue weighted by Crippen LogP contribution is -2.25. The third kappa shape index (κ3) is 7.58. The first-order valence-corrected chi connectivity index (χ1v) is 13.0. The summed E-state index contributed by atoms with van der Waals surface area (Å²) >= 11 is 0. The molecule has 2 heterocycles. The Bertz CT molecular complexity index is 1200. The second kappa shape index (κ2) is 13.3. The van der Waals surface area contributed by atoms with E-state index < -0.39 is 0 Å². The van der Waals surface area contributed by atoms with Crippen molar-refractivity contribution >= 4 is 34.6 Å². The molecule has 0 spiro atoms. The van der Waals surface area contributed by atoms with Gasteiger partial charge in [-0.15, -0.1) is 0 Å². The number of aromatic nitrogens is 4. The fourth-order valence-electron chi connectivity index (χ4n) is 4.01. The normalized spacial score (nSPS) is 11.6. The number of nitrogens with zero attached hydrogens (tertiary/aromatic N) is 8. The quantitative estimate of drug-likeness (QED) is 0.132. The molecule has 0 saturated heterocycles. The van der Waals surface area contributed by atoms with Crippen LogP contribution < -0.4 is 19.8 Å². The van der Waals surface area contributed by atoms with Gasteiger partial charge in [0.1, 0.15) is 11.4 Å². The number of azo groups is 2. The largest absolute Gasteiger partial charge is 0.421 e. The number of aryl methyl sites for hydroxylation is 4. The predicted molar refractivity (Wildman–Crippen MR) is 150 cm³/mol. The van der Waals surface area contributed by atoms with Crippen LogP contribution in [0, 0.1) is 0 Å². The first kappa shape index (κ1) is 26.7. The highest BCUT2D eigenvalue weighted by Gasteiger charge is 2.11. The molecule has 0 fully saturated rings. The van der Waals surface area contributed by atoms with E-state index in [2.05, 4.69) is 55.4 Å². The third-order valence-electron chi connectivity index (χ3n) is 6.30. The van der Waals surface area contributed by atoms with E-state index in [0.29, 0.717) is 0 Å². The zero-order chi connectivity index (χ0) is 26.7. The van der Waals surface area contributed by atoms with Crippen molar-refractivity contribution in [2.75, 3.05) is 23.7 Å². The zero-order valence-electron chi connectivity index (χ0n) is 22.7. The zero-order valence-corrected chi connectivity index (χ0v) is 22.7. The van der Waals surface area contributed by atoms with Gasteiger partial charge in [-0.1, -0.05) is 23.1 Å². The van der Waals surface area contributed by atoms with Crippen LogP contribution in [0.1, 0.15) is 25.7 Å². The molecular weight excluding hydrogens is 476 g/mol. The lowest BCUT2D eigenvalue weighted by Gasteiger charge is -2.08. The summed E-state index contributed by atoms with van der Waals surface area (Å²) in [5, 5.41) is 24.3. The average molecular weight is 515 g/mol. The van der Waals surface area contributed by atoms with Crippen LogP contribution in [0.2, 0.25) is 0 Å². The molecule has 38 heavy (non-hydrogen) atoms. The molecular formula is C28H38N10+2. The minimum absolute atomic E-state index is 0.802. The molecule has 0 radical (unpaired) electrons. The minimum Gasteiger partial charge on any atom is -0.385 e. The van der Waals surface area contributed by atoms with Crippen molar-refractivity contribution in [3.8, 4) is 0 Å². The SMILES string of the molecule is Cn1cc[n+](C)c1N=Nc1ccc(NCCCCCCNc2ccc(N=Nc3n(C)cc[n+]3C)cc2)cc1. The lowest BCUT2D eigenvalue weighted by molar-refractivity contribution is -0.657. The Morgan fingerprint density at radius 3 is 1.32 bits per heavy atom. The van der Waals surface area contributed by atoms with E-state index in [1.165, 1.54) is 12.8 Å². The standard InChI is InChI=1S/C28H36N10/c1-35-19-20-36(2)27(35)33-31-25-13-9-23(10-14-25)29-17-7-5-6-8-18-30-24-11-15-26(16-12-24)32-34-28-37(3)21-22-38(28)4/h9-16,19-22H,5-8,17-18H2,1-4H3/p+2. The summed E-state index contributed by atoms with van der Waals surface area (Å²) in [5.74, 6) is 1.60. The Kier molecular flexibility index (Phi) is 9.33. The maximum Gasteiger partial charge on any atom is 0.421 e. The van der Waals surface area contributed by atoms with Crippen LogP contribution in [0.25, 0.3) is 0 Å². The maximum absolute atomic E-state index is 4.34. The van der Waals surface area contributed by atoms with Crippen molar-refractivity contribution in [3.05, 3.63) is 73.3 Å². The van der Waals surface area contributed by atoms with E-state index in [9.17, 15) is 0 Å². The van der Waals surface area contributed by atoms with Crippen LogP contribution in [0.15, 0.2) is 93.8 Å². The van der Waals surface area contributed by atoms with Crippen LogP contribution in [0.5, 0.6) is 0 Å². The number of nitrogens with one attached hydrogen (secondary N) is 2. The summed E-state index contributed by atoms with van der Waals surface area (Å²) in [6, 6.07) is 16.2. The molecule has 2 N–H and O–H groups in total. The van der Waals surface area contributed by atoms with E-state index >= 15 is 0 Å². The van der Waals surface area contributed by atoms with Crippen molar-refractivity contribution in [3.63, 3.8) is 0 Å². The molecule has 10 heteroatoms. The lowest BCUT2D eigenvalue weighted by atomic mass is 10.2. The van der Waals surface area contributed by atoms with Crippen molar-refractivity contribution in [1.29, 1.82) is 0 Å². The molecule has 0 unspecified atom stereocenters. The molecule has 4 rings (SSSR count). The molecule has 2 aromatic carbocycles. The molecule has 0 bridgehead atoms. The highest BCUT2D eigenvalue weighted by molar-refractivity contribution is 5.51. The number of hydrogen-bond donors (Lipinski definition) is 2. The number of hydrogen-bond acceptors (Lipinski definition) is 6. The first-order chi connectivity index (χ1) is 18.5. The summed E-state index contributed by atoms with van der Waals surface area (Å²) < 4.78 is 7.76. The molecule has 0 atom stereocenters. The summed E-state index contributed by atoms with van der Waals surface area (Å²) in [6.07, 6.45) is 12.5. The number of unbranched alkanes of at least 4 members (excludes halogenated alkanes) is 3. The number of rotatable bonds is 13. The van der Waals surface area contributed by atoms with Gasteiger partial charge in [0.25, 0.3) is 0 Å². The monoisotopic (exact) mass is 514 g/mol. The van der Waals surface area contributed by atoms with E-state index in [1.54, 1.807) is 0 Å². The molecule has 4 aromatic rings. The van der Waals surface area contributed by atoms with Gasteiger partial charge in [-0.25, -0.2) is 18.3 Å². The predicted octanol–water partition coefficient (Wildman–Crippen LogP) is 5.93. The van der Waals surface area contributed by atoms with Crippen LogP contribution in [-0.2, 0) is 28.2 Å². The highest BCUT2D eigenvalue weighted by atomic mass is 15.3. The van der Waals surface area contributed by atoms with Gasteiger partial charge in [0.05, 0.1) is 53.0 Å². The van der Waals surface area contributed by atoms with E-state index in [1.807, 2.05) is 95.5 Å². The topological polar surface area (TPSA) is 91.1 Å². The number of benzene rings is 2.